The van der Waals surface area contributed by atoms with Crippen molar-refractivity contribution < 1.29 is 185 Å². The van der Waals surface area contributed by atoms with Gasteiger partial charge in [0.1, 0.15) is 0 Å². The van der Waals surface area contributed by atoms with Crippen molar-refractivity contribution >= 4 is 0 Å². The van der Waals surface area contributed by atoms with E-state index in [4.69, 9.17) is 102 Å². The first-order valence-corrected chi connectivity index (χ1v) is 18.8. The van der Waals surface area contributed by atoms with E-state index in [2.05, 4.69) is 0 Å². The van der Waals surface area contributed by atoms with Crippen molar-refractivity contribution in [1.29, 1.82) is 31.6 Å². The molecule has 0 saturated heterocycles. The molecule has 0 fully saturated rings. The molecule has 0 heterocycles. The smallest absolute Gasteiger partial charge is 3.00 e. The molecule has 0 atom stereocenters. The second kappa shape index (κ2) is 25.8. The average molecular weight is 860 g/mol. The fraction of sp³-hybridized carbons (Fsp3) is 0. The van der Waals surface area contributed by atoms with Crippen LogP contribution in [-0.4, -0.2) is 0 Å². The maximum absolute atomic E-state index is 9.16. The molecule has 0 aliphatic heterocycles. The van der Waals surface area contributed by atoms with Crippen LogP contribution in [-0.2, 0) is 160 Å². The first-order chi connectivity index (χ1) is 15.4. The Bertz CT molecular complexity index is 1290. The van der Waals surface area contributed by atoms with E-state index in [0.29, 0.717) is 29.6 Å². The molecule has 0 saturated carbocycles. The third-order valence-electron chi connectivity index (χ3n) is 0.671. The van der Waals surface area contributed by atoms with Crippen LogP contribution in [0.3, 0.4) is 0 Å². The van der Waals surface area contributed by atoms with Crippen LogP contribution in [0.5, 0.6) is 0 Å². The predicted molar refractivity (Wildman–Crippen MR) is 41.9 cm³/mol. The molecule has 0 bridgehead atoms. The summed E-state index contributed by atoms with van der Waals surface area (Å²) in [6.07, 6.45) is 0. The zero-order chi connectivity index (χ0) is 31.2. The van der Waals surface area contributed by atoms with Gasteiger partial charge in [-0.05, 0) is 0 Å². The molecule has 0 aliphatic rings. The summed E-state index contributed by atoms with van der Waals surface area (Å²) >= 11 is -31.3. The number of nitriles is 6. The maximum atomic E-state index is 9.16. The quantitative estimate of drug-likeness (QED) is 0.218. The van der Waals surface area contributed by atoms with Gasteiger partial charge in [0, 0.05) is 0 Å². The molecular weight excluding hydrogens is 860 g/mol. The van der Waals surface area contributed by atoms with Crippen molar-refractivity contribution in [3.05, 3.63) is 0 Å². The van der Waals surface area contributed by atoms with Gasteiger partial charge in [-0.15, -0.1) is 0 Å². The third-order valence-corrected chi connectivity index (χ3v) is 2.77. The zero-order valence-corrected chi connectivity index (χ0v) is 26.5. The molecule has 2 radical (unpaired) electrons. The van der Waals surface area contributed by atoms with Crippen molar-refractivity contribution in [2.24, 2.45) is 0 Å². The Morgan fingerprint density at radius 2 is 0.316 bits per heavy atom. The molecule has 0 aromatic carbocycles. The Labute approximate surface area is 243 Å². The average Bonchev–Trinajstić information content (AvgIpc) is 2.67. The summed E-state index contributed by atoms with van der Waals surface area (Å²) in [5, 5.41) is 43.7. The monoisotopic (exact) mass is 859 g/mol. The van der Waals surface area contributed by atoms with Gasteiger partial charge in [0.15, 0.2) is 0 Å². The minimum absolute atomic E-state index is 0. The second-order valence-corrected chi connectivity index (χ2v) is 13.5. The molecule has 0 aliphatic carbocycles. The van der Waals surface area contributed by atoms with Crippen molar-refractivity contribution in [1.82, 2.24) is 0 Å². The Morgan fingerprint density at radius 3 is 0.316 bits per heavy atom. The first-order valence-electron chi connectivity index (χ1n) is 5.57. The summed E-state index contributed by atoms with van der Waals surface area (Å²) in [6.45, 7) is 0. The van der Waals surface area contributed by atoms with Crippen LogP contribution in [0.2, 0.25) is 0 Å². The molecule has 38 heavy (non-hydrogen) atoms. The van der Waals surface area contributed by atoms with Gasteiger partial charge in [-0.1, -0.05) is 0 Å². The predicted octanol–water partition coefficient (Wildman–Crippen LogP) is -8.48. The summed E-state index contributed by atoms with van der Waals surface area (Å²) < 4.78 is 165. The molecule has 32 heteroatoms. The Morgan fingerprint density at radius 1 is 0.289 bits per heavy atom. The zero-order valence-electron chi connectivity index (χ0n) is 16.3. The number of rotatable bonds is 0. The fourth-order valence-corrected chi connectivity index (χ4v) is 0. The number of hydrogen-bond donors (Lipinski definition) is 0. The number of hydrogen-bond acceptors (Lipinski definition) is 24. The van der Waals surface area contributed by atoms with Crippen molar-refractivity contribution in [2.45, 2.75) is 0 Å². The first kappa shape index (κ1) is 56.7. The molecule has 210 valence electrons. The van der Waals surface area contributed by atoms with Gasteiger partial charge in [-0.3, -0.25) is 0 Å². The molecule has 0 rings (SSSR count). The van der Waals surface area contributed by atoms with Gasteiger partial charge in [0.05, 0.1) is 0 Å². The van der Waals surface area contributed by atoms with E-state index in [1.54, 1.807) is 0 Å². The molecule has 0 aromatic rings. The van der Waals surface area contributed by atoms with E-state index < -0.39 is 79.7 Å². The van der Waals surface area contributed by atoms with Gasteiger partial charge < -0.3 is 0 Å². The normalized spacial score (nSPS) is 9.47. The van der Waals surface area contributed by atoms with Gasteiger partial charge in [0.25, 0.3) is 0 Å². The van der Waals surface area contributed by atoms with Crippen LogP contribution in [0.15, 0.2) is 0 Å². The maximum Gasteiger partial charge on any atom is 3.00 e. The topological polar surface area (TPSA) is 486 Å². The van der Waals surface area contributed by atoms with Crippen LogP contribution < -0.4 is 24.9 Å². The SMILES string of the molecule is N#[C][Cr](=[O])(=[O])[O-].N#[C][Cr](=[O])(=[O])[O-].N#[C][Cr](=[O])(=[O])[O-].N#[C][Cr](=[O])(=[O])[O-].N#[C][Cr](=[O])(=[O])[O-].N#[C][Cr](=[O])(=[O])[O-].[Cr+3].[Cr+3]. The summed E-state index contributed by atoms with van der Waals surface area (Å²) in [5.74, 6) is 0. The minimum atomic E-state index is -5.22. The Balaban J connectivity index is -0.0000000469. The molecule has 0 spiro atoms. The van der Waals surface area contributed by atoms with Gasteiger partial charge >= 0.3 is 246 Å². The summed E-state index contributed by atoms with van der Waals surface area (Å²) in [6, 6.07) is 0. The van der Waals surface area contributed by atoms with Crippen LogP contribution in [0.4, 0.5) is 0 Å². The van der Waals surface area contributed by atoms with Crippen molar-refractivity contribution in [3.8, 4) is 29.6 Å². The van der Waals surface area contributed by atoms with Crippen LogP contribution in [0.25, 0.3) is 0 Å². The fourth-order valence-electron chi connectivity index (χ4n) is 0. The molecular formula is C6Cr8N6O18. The van der Waals surface area contributed by atoms with E-state index in [-0.39, 0.29) is 34.7 Å². The van der Waals surface area contributed by atoms with E-state index in [9.17, 15) is 0 Å². The van der Waals surface area contributed by atoms with Crippen molar-refractivity contribution in [2.75, 3.05) is 0 Å². The van der Waals surface area contributed by atoms with Crippen molar-refractivity contribution in [3.63, 3.8) is 0 Å². The van der Waals surface area contributed by atoms with E-state index in [0.717, 1.165) is 0 Å². The van der Waals surface area contributed by atoms with E-state index in [1.165, 1.54) is 0 Å². The van der Waals surface area contributed by atoms with Crippen LogP contribution in [0, 0.1) is 61.2 Å². The molecule has 0 aromatic heterocycles. The third kappa shape index (κ3) is 142. The van der Waals surface area contributed by atoms with Crippen LogP contribution in [0.1, 0.15) is 0 Å². The Hall–Kier alpha value is -1.44. The molecule has 24 nitrogen and oxygen atoms in total. The molecule has 0 unspecified atom stereocenters. The molecule has 0 amide bonds. The Kier molecular flexibility index (Phi) is 38.5. The van der Waals surface area contributed by atoms with E-state index in [1.807, 2.05) is 0 Å². The van der Waals surface area contributed by atoms with Gasteiger partial charge in [-0.25, -0.2) is 0 Å². The standard InChI is InChI=1S/6CN.8Cr.18O/c6*1-2;;;;;;;;;;;;;;;;;;;;;;;;;;/q;;;;;;;;;;;;2*+3;;;;;;;;;;;;;6*-1. The summed E-state index contributed by atoms with van der Waals surface area (Å²) in [5.41, 5.74) is 0. The van der Waals surface area contributed by atoms with Gasteiger partial charge in [-0.2, -0.15) is 0 Å². The number of nitrogens with zero attached hydrogens (tertiary/aromatic N) is 6. The summed E-state index contributed by atoms with van der Waals surface area (Å²) in [4.78, 5) is 3.56. The molecule has 0 N–H and O–H groups in total. The minimum Gasteiger partial charge on any atom is 3.00 e. The largest absolute Gasteiger partial charge is 3.00 e. The van der Waals surface area contributed by atoms with Crippen LogP contribution >= 0.6 is 0 Å². The second-order valence-electron chi connectivity index (χ2n) is 3.27. The summed E-state index contributed by atoms with van der Waals surface area (Å²) in [7, 11) is 0. The van der Waals surface area contributed by atoms with E-state index >= 15 is 0 Å². The van der Waals surface area contributed by atoms with Gasteiger partial charge in [0.2, 0.25) is 0 Å².